The van der Waals surface area contributed by atoms with Crippen molar-refractivity contribution in [1.82, 2.24) is 14.3 Å². The summed E-state index contributed by atoms with van der Waals surface area (Å²) >= 11 is 1.36. The summed E-state index contributed by atoms with van der Waals surface area (Å²) in [5.74, 6) is -0.838. The zero-order chi connectivity index (χ0) is 15.7. The van der Waals surface area contributed by atoms with Crippen LogP contribution in [0.2, 0.25) is 0 Å². The zero-order valence-electron chi connectivity index (χ0n) is 11.7. The van der Waals surface area contributed by atoms with Crippen molar-refractivity contribution in [2.45, 2.75) is 12.7 Å². The van der Waals surface area contributed by atoms with E-state index in [1.165, 1.54) is 17.4 Å². The standard InChI is InChI=1S/C14H13N3O3S2/c1-10-4-7-21-13(10)9-22(19,20)16-14(18)11-3-6-17-12(8-11)2-5-15-17/h2-8H,9H2,1H3,(H,16,18). The molecule has 3 heterocycles. The molecule has 8 heteroatoms. The third-order valence-electron chi connectivity index (χ3n) is 3.20. The van der Waals surface area contributed by atoms with Gasteiger partial charge in [0, 0.05) is 22.8 Å². The lowest BCUT2D eigenvalue weighted by molar-refractivity contribution is 0.0981. The molecule has 0 aromatic carbocycles. The molecule has 3 aromatic heterocycles. The SMILES string of the molecule is Cc1ccsc1CS(=O)(=O)NC(=O)c1ccn2nccc2c1. The Kier molecular flexibility index (Phi) is 3.71. The lowest BCUT2D eigenvalue weighted by atomic mass is 10.2. The molecule has 0 spiro atoms. The largest absolute Gasteiger partial charge is 0.268 e. The van der Waals surface area contributed by atoms with Gasteiger partial charge in [0.05, 0.1) is 5.52 Å². The molecule has 1 amide bonds. The normalized spacial score (nSPS) is 11.7. The van der Waals surface area contributed by atoms with E-state index in [1.807, 2.05) is 18.4 Å². The van der Waals surface area contributed by atoms with Crippen LogP contribution in [0.1, 0.15) is 20.8 Å². The van der Waals surface area contributed by atoms with Crippen LogP contribution in [0.5, 0.6) is 0 Å². The van der Waals surface area contributed by atoms with E-state index in [0.717, 1.165) is 16.0 Å². The van der Waals surface area contributed by atoms with Crippen LogP contribution in [-0.4, -0.2) is 23.9 Å². The maximum Gasteiger partial charge on any atom is 0.264 e. The van der Waals surface area contributed by atoms with Crippen LogP contribution in [-0.2, 0) is 15.8 Å². The van der Waals surface area contributed by atoms with Gasteiger partial charge in [-0.25, -0.2) is 17.7 Å². The number of nitrogens with one attached hydrogen (secondary N) is 1. The Morgan fingerprint density at radius 3 is 2.91 bits per heavy atom. The number of nitrogens with zero attached hydrogens (tertiary/aromatic N) is 2. The first-order chi connectivity index (χ1) is 10.4. The first-order valence-electron chi connectivity index (χ1n) is 6.46. The third-order valence-corrected chi connectivity index (χ3v) is 5.57. The van der Waals surface area contributed by atoms with Crippen molar-refractivity contribution in [2.24, 2.45) is 0 Å². The molecule has 0 saturated carbocycles. The fraction of sp³-hybridized carbons (Fsp3) is 0.143. The number of fused-ring (bicyclic) bond motifs is 1. The van der Waals surface area contributed by atoms with Crippen LogP contribution in [0.4, 0.5) is 0 Å². The molecule has 3 rings (SSSR count). The van der Waals surface area contributed by atoms with Gasteiger partial charge in [-0.3, -0.25) is 4.79 Å². The molecule has 0 fully saturated rings. The number of hydrogen-bond donors (Lipinski definition) is 1. The summed E-state index contributed by atoms with van der Waals surface area (Å²) in [4.78, 5) is 12.9. The molecule has 114 valence electrons. The van der Waals surface area contributed by atoms with E-state index in [0.29, 0.717) is 0 Å². The quantitative estimate of drug-likeness (QED) is 0.790. The lowest BCUT2D eigenvalue weighted by Gasteiger charge is -2.07. The fourth-order valence-corrected chi connectivity index (χ4v) is 4.50. The minimum atomic E-state index is -3.73. The number of aryl methyl sites for hydroxylation is 1. The predicted molar refractivity (Wildman–Crippen MR) is 84.3 cm³/mol. The van der Waals surface area contributed by atoms with Gasteiger partial charge in [0.15, 0.2) is 0 Å². The number of carbonyl (C=O) groups excluding carboxylic acids is 1. The second-order valence-electron chi connectivity index (χ2n) is 4.83. The molecule has 0 aliphatic carbocycles. The number of sulfonamides is 1. The van der Waals surface area contributed by atoms with E-state index < -0.39 is 15.9 Å². The van der Waals surface area contributed by atoms with Crippen LogP contribution in [0.3, 0.4) is 0 Å². The maximum atomic E-state index is 12.1. The van der Waals surface area contributed by atoms with Crippen LogP contribution < -0.4 is 4.72 Å². The van der Waals surface area contributed by atoms with Crippen molar-refractivity contribution in [3.63, 3.8) is 0 Å². The van der Waals surface area contributed by atoms with Gasteiger partial charge in [-0.15, -0.1) is 11.3 Å². The number of thiophene rings is 1. The average Bonchev–Trinajstić information content (AvgIpc) is 3.06. The Labute approximate surface area is 131 Å². The highest BCUT2D eigenvalue weighted by Gasteiger charge is 2.18. The van der Waals surface area contributed by atoms with Gasteiger partial charge < -0.3 is 0 Å². The number of hydrogen-bond acceptors (Lipinski definition) is 5. The second kappa shape index (κ2) is 5.54. The molecule has 6 nitrogen and oxygen atoms in total. The van der Waals surface area contributed by atoms with Gasteiger partial charge in [-0.05, 0) is 42.1 Å². The number of carbonyl (C=O) groups is 1. The minimum absolute atomic E-state index is 0.197. The zero-order valence-corrected chi connectivity index (χ0v) is 13.3. The fourth-order valence-electron chi connectivity index (χ4n) is 2.02. The summed E-state index contributed by atoms with van der Waals surface area (Å²) in [5.41, 5.74) is 1.90. The van der Waals surface area contributed by atoms with Crippen LogP contribution in [0.25, 0.3) is 5.52 Å². The molecule has 0 unspecified atom stereocenters. The van der Waals surface area contributed by atoms with Gasteiger partial charge in [-0.2, -0.15) is 5.10 Å². The van der Waals surface area contributed by atoms with Crippen molar-refractivity contribution in [3.05, 3.63) is 58.0 Å². The predicted octanol–water partition coefficient (Wildman–Crippen LogP) is 1.96. The van der Waals surface area contributed by atoms with E-state index in [1.54, 1.807) is 29.0 Å². The molecule has 0 atom stereocenters. The number of pyridine rings is 1. The molecule has 0 bridgehead atoms. The Morgan fingerprint density at radius 1 is 1.36 bits per heavy atom. The summed E-state index contributed by atoms with van der Waals surface area (Å²) in [6.07, 6.45) is 3.22. The Hall–Kier alpha value is -2.19. The van der Waals surface area contributed by atoms with Gasteiger partial charge in [0.25, 0.3) is 5.91 Å². The molecular formula is C14H13N3O3S2. The van der Waals surface area contributed by atoms with Gasteiger partial charge in [0.1, 0.15) is 5.75 Å². The maximum absolute atomic E-state index is 12.1. The van der Waals surface area contributed by atoms with Gasteiger partial charge >= 0.3 is 0 Å². The lowest BCUT2D eigenvalue weighted by Crippen LogP contribution is -2.31. The summed E-state index contributed by atoms with van der Waals surface area (Å²) < 4.78 is 27.9. The molecule has 0 aliphatic heterocycles. The summed E-state index contributed by atoms with van der Waals surface area (Å²) in [6.45, 7) is 1.84. The van der Waals surface area contributed by atoms with Crippen molar-refractivity contribution in [2.75, 3.05) is 0 Å². The van der Waals surface area contributed by atoms with Crippen molar-refractivity contribution in [3.8, 4) is 0 Å². The highest BCUT2D eigenvalue weighted by atomic mass is 32.2. The monoisotopic (exact) mass is 335 g/mol. The highest BCUT2D eigenvalue weighted by molar-refractivity contribution is 7.89. The number of rotatable bonds is 4. The van der Waals surface area contributed by atoms with Gasteiger partial charge in [0.2, 0.25) is 10.0 Å². The van der Waals surface area contributed by atoms with E-state index >= 15 is 0 Å². The molecular weight excluding hydrogens is 322 g/mol. The third kappa shape index (κ3) is 3.02. The first-order valence-corrected chi connectivity index (χ1v) is 8.99. The Bertz CT molecular complexity index is 941. The molecule has 3 aromatic rings. The van der Waals surface area contributed by atoms with Crippen molar-refractivity contribution in [1.29, 1.82) is 0 Å². The smallest absolute Gasteiger partial charge is 0.264 e. The van der Waals surface area contributed by atoms with E-state index in [-0.39, 0.29) is 11.3 Å². The van der Waals surface area contributed by atoms with Crippen LogP contribution >= 0.6 is 11.3 Å². The molecule has 22 heavy (non-hydrogen) atoms. The second-order valence-corrected chi connectivity index (χ2v) is 7.56. The Morgan fingerprint density at radius 2 is 2.18 bits per heavy atom. The average molecular weight is 335 g/mol. The summed E-state index contributed by atoms with van der Waals surface area (Å²) in [5, 5.41) is 5.85. The first kappa shape index (κ1) is 14.7. The summed E-state index contributed by atoms with van der Waals surface area (Å²) in [7, 11) is -3.73. The topological polar surface area (TPSA) is 80.5 Å². The van der Waals surface area contributed by atoms with Crippen molar-refractivity contribution < 1.29 is 13.2 Å². The Balaban J connectivity index is 1.79. The van der Waals surface area contributed by atoms with E-state index in [4.69, 9.17) is 0 Å². The molecule has 0 radical (unpaired) electrons. The highest BCUT2D eigenvalue weighted by Crippen LogP contribution is 2.18. The molecule has 0 saturated heterocycles. The van der Waals surface area contributed by atoms with E-state index in [2.05, 4.69) is 9.82 Å². The minimum Gasteiger partial charge on any atom is -0.268 e. The van der Waals surface area contributed by atoms with Crippen LogP contribution in [0.15, 0.2) is 42.0 Å². The van der Waals surface area contributed by atoms with E-state index in [9.17, 15) is 13.2 Å². The van der Waals surface area contributed by atoms with Crippen LogP contribution in [0, 0.1) is 6.92 Å². The number of aromatic nitrogens is 2. The number of amides is 1. The molecule has 0 aliphatic rings. The molecule has 1 N–H and O–H groups in total. The van der Waals surface area contributed by atoms with Gasteiger partial charge in [-0.1, -0.05) is 0 Å². The van der Waals surface area contributed by atoms with Crippen molar-refractivity contribution >= 4 is 32.8 Å². The summed E-state index contributed by atoms with van der Waals surface area (Å²) in [6, 6.07) is 6.71.